The Balaban J connectivity index is 0.00000243. The summed E-state index contributed by atoms with van der Waals surface area (Å²) in [6, 6.07) is 13.1. The van der Waals surface area contributed by atoms with Crippen LogP contribution < -0.4 is 10.6 Å². The molecule has 0 saturated carbocycles. The summed E-state index contributed by atoms with van der Waals surface area (Å²) < 4.78 is 1.91. The van der Waals surface area contributed by atoms with Crippen LogP contribution in [0.2, 0.25) is 0 Å². The third kappa shape index (κ3) is 5.98. The minimum absolute atomic E-state index is 0. The summed E-state index contributed by atoms with van der Waals surface area (Å²) in [5, 5.41) is 11.1. The summed E-state index contributed by atoms with van der Waals surface area (Å²) in [4.78, 5) is 6.91. The van der Waals surface area contributed by atoms with Gasteiger partial charge in [-0.15, -0.1) is 24.0 Å². The van der Waals surface area contributed by atoms with Gasteiger partial charge in [-0.1, -0.05) is 30.3 Å². The normalized spacial score (nSPS) is 16.1. The van der Waals surface area contributed by atoms with E-state index in [0.717, 1.165) is 25.6 Å². The lowest BCUT2D eigenvalue weighted by atomic mass is 10.1. The average molecular weight is 468 g/mol. The van der Waals surface area contributed by atoms with Crippen LogP contribution in [0.5, 0.6) is 0 Å². The molecule has 1 saturated heterocycles. The van der Waals surface area contributed by atoms with Gasteiger partial charge in [0.25, 0.3) is 0 Å². The molecule has 1 aromatic carbocycles. The molecular formula is C19H29IN6. The molecule has 3 rings (SSSR count). The molecule has 2 aromatic rings. The van der Waals surface area contributed by atoms with Crippen LogP contribution in [0.15, 0.2) is 53.8 Å². The molecule has 142 valence electrons. The van der Waals surface area contributed by atoms with E-state index < -0.39 is 0 Å². The molecule has 6 nitrogen and oxygen atoms in total. The largest absolute Gasteiger partial charge is 0.355 e. The smallest absolute Gasteiger partial charge is 0.191 e. The highest BCUT2D eigenvalue weighted by Crippen LogP contribution is 2.24. The van der Waals surface area contributed by atoms with Crippen molar-refractivity contribution in [3.8, 4) is 0 Å². The van der Waals surface area contributed by atoms with E-state index in [4.69, 9.17) is 0 Å². The second kappa shape index (κ2) is 11.2. The van der Waals surface area contributed by atoms with Crippen LogP contribution in [0.3, 0.4) is 0 Å². The zero-order valence-electron chi connectivity index (χ0n) is 15.3. The third-order valence-electron chi connectivity index (χ3n) is 4.64. The number of hydrogen-bond donors (Lipinski definition) is 2. The number of benzene rings is 1. The van der Waals surface area contributed by atoms with Crippen molar-refractivity contribution in [3.05, 3.63) is 54.4 Å². The predicted octanol–water partition coefficient (Wildman–Crippen LogP) is 2.50. The molecule has 0 spiro atoms. The zero-order chi connectivity index (χ0) is 17.3. The monoisotopic (exact) mass is 468 g/mol. The number of aromatic nitrogens is 2. The molecule has 1 aromatic heterocycles. The second-order valence-electron chi connectivity index (χ2n) is 6.32. The molecule has 2 heterocycles. The van der Waals surface area contributed by atoms with E-state index in [1.807, 2.05) is 24.0 Å². The molecule has 0 amide bonds. The molecular weight excluding hydrogens is 439 g/mol. The summed E-state index contributed by atoms with van der Waals surface area (Å²) in [7, 11) is 1.82. The Morgan fingerprint density at radius 3 is 2.58 bits per heavy atom. The van der Waals surface area contributed by atoms with Gasteiger partial charge in [0.1, 0.15) is 0 Å². The Bertz CT molecular complexity index is 637. The Morgan fingerprint density at radius 2 is 1.92 bits per heavy atom. The number of guanidine groups is 1. The highest BCUT2D eigenvalue weighted by molar-refractivity contribution is 14.0. The van der Waals surface area contributed by atoms with E-state index in [2.05, 4.69) is 56.0 Å². The Morgan fingerprint density at radius 1 is 1.15 bits per heavy atom. The van der Waals surface area contributed by atoms with Crippen molar-refractivity contribution in [2.45, 2.75) is 25.4 Å². The number of likely N-dealkylation sites (tertiary alicyclic amines) is 1. The first kappa shape index (κ1) is 20.7. The Kier molecular flexibility index (Phi) is 8.90. The van der Waals surface area contributed by atoms with Crippen LogP contribution in [0.4, 0.5) is 0 Å². The Hall–Kier alpha value is -1.61. The molecule has 1 fully saturated rings. The van der Waals surface area contributed by atoms with Crippen LogP contribution in [0.1, 0.15) is 24.4 Å². The number of rotatable bonds is 7. The molecule has 2 N–H and O–H groups in total. The maximum absolute atomic E-state index is 4.35. The summed E-state index contributed by atoms with van der Waals surface area (Å²) >= 11 is 0. The van der Waals surface area contributed by atoms with Crippen LogP contribution >= 0.6 is 24.0 Å². The van der Waals surface area contributed by atoms with Crippen LogP contribution in [0.25, 0.3) is 0 Å². The van der Waals surface area contributed by atoms with Crippen molar-refractivity contribution in [3.63, 3.8) is 0 Å². The maximum Gasteiger partial charge on any atom is 0.191 e. The highest BCUT2D eigenvalue weighted by atomic mass is 127. The van der Waals surface area contributed by atoms with E-state index >= 15 is 0 Å². The quantitative estimate of drug-likeness (QED) is 0.373. The minimum atomic E-state index is 0. The van der Waals surface area contributed by atoms with Gasteiger partial charge >= 0.3 is 0 Å². The lowest BCUT2D eigenvalue weighted by Crippen LogP contribution is -2.43. The van der Waals surface area contributed by atoms with Crippen molar-refractivity contribution in [2.75, 3.05) is 33.2 Å². The fraction of sp³-hybridized carbons (Fsp3) is 0.474. The van der Waals surface area contributed by atoms with E-state index in [9.17, 15) is 0 Å². The minimum Gasteiger partial charge on any atom is -0.355 e. The number of nitrogens with zero attached hydrogens (tertiary/aromatic N) is 4. The van der Waals surface area contributed by atoms with Crippen molar-refractivity contribution >= 4 is 29.9 Å². The summed E-state index contributed by atoms with van der Waals surface area (Å²) in [6.45, 7) is 4.81. The van der Waals surface area contributed by atoms with E-state index in [-0.39, 0.29) is 24.0 Å². The fourth-order valence-electron chi connectivity index (χ4n) is 3.32. The first-order chi connectivity index (χ1) is 12.4. The van der Waals surface area contributed by atoms with Crippen LogP contribution in [-0.4, -0.2) is 53.9 Å². The average Bonchev–Trinajstić information content (AvgIpc) is 3.35. The lowest BCUT2D eigenvalue weighted by Gasteiger charge is -2.29. The number of nitrogens with one attached hydrogen (secondary N) is 2. The standard InChI is InChI=1S/C19H28N6.HI/c1-20-19(21-11-15-25-14-7-10-23-25)22-16-18(24-12-5-6-13-24)17-8-3-2-4-9-17;/h2-4,7-10,14,18H,5-6,11-13,15-16H2,1H3,(H2,20,21,22);1H. The van der Waals surface area contributed by atoms with Gasteiger partial charge in [-0.05, 0) is 37.6 Å². The SMILES string of the molecule is CN=C(NCCn1cccn1)NCC(c1ccccc1)N1CCCC1.I. The molecule has 26 heavy (non-hydrogen) atoms. The van der Waals surface area contributed by atoms with Gasteiger partial charge in [-0.2, -0.15) is 5.10 Å². The molecule has 0 aliphatic carbocycles. The van der Waals surface area contributed by atoms with Gasteiger partial charge in [-0.3, -0.25) is 14.6 Å². The molecule has 0 bridgehead atoms. The molecule has 1 unspecified atom stereocenters. The first-order valence-corrected chi connectivity index (χ1v) is 9.08. The number of hydrogen-bond acceptors (Lipinski definition) is 3. The maximum atomic E-state index is 4.35. The van der Waals surface area contributed by atoms with Gasteiger partial charge in [-0.25, -0.2) is 0 Å². The van der Waals surface area contributed by atoms with Gasteiger partial charge in [0.15, 0.2) is 5.96 Å². The van der Waals surface area contributed by atoms with Crippen molar-refractivity contribution in [1.82, 2.24) is 25.3 Å². The van der Waals surface area contributed by atoms with Gasteiger partial charge in [0, 0.05) is 32.5 Å². The lowest BCUT2D eigenvalue weighted by molar-refractivity contribution is 0.245. The molecule has 1 aliphatic rings. The van der Waals surface area contributed by atoms with Gasteiger partial charge < -0.3 is 10.6 Å². The summed E-state index contributed by atoms with van der Waals surface area (Å²) in [6.07, 6.45) is 6.35. The van der Waals surface area contributed by atoms with Crippen molar-refractivity contribution < 1.29 is 0 Å². The topological polar surface area (TPSA) is 57.5 Å². The molecule has 1 atom stereocenters. The van der Waals surface area contributed by atoms with Gasteiger partial charge in [0.2, 0.25) is 0 Å². The number of halogens is 1. The van der Waals surface area contributed by atoms with E-state index in [1.165, 1.54) is 31.5 Å². The first-order valence-electron chi connectivity index (χ1n) is 9.08. The molecule has 0 radical (unpaired) electrons. The predicted molar refractivity (Wildman–Crippen MR) is 117 cm³/mol. The van der Waals surface area contributed by atoms with Crippen molar-refractivity contribution in [1.29, 1.82) is 0 Å². The highest BCUT2D eigenvalue weighted by Gasteiger charge is 2.23. The van der Waals surface area contributed by atoms with Crippen LogP contribution in [0, 0.1) is 0 Å². The zero-order valence-corrected chi connectivity index (χ0v) is 17.7. The van der Waals surface area contributed by atoms with E-state index in [1.54, 1.807) is 6.20 Å². The Labute approximate surface area is 173 Å². The van der Waals surface area contributed by atoms with Gasteiger partial charge in [0.05, 0.1) is 12.6 Å². The molecule has 7 heteroatoms. The summed E-state index contributed by atoms with van der Waals surface area (Å²) in [5.41, 5.74) is 1.36. The van der Waals surface area contributed by atoms with Crippen molar-refractivity contribution in [2.24, 2.45) is 4.99 Å². The molecule has 1 aliphatic heterocycles. The third-order valence-corrected chi connectivity index (χ3v) is 4.64. The fourth-order valence-corrected chi connectivity index (χ4v) is 3.32. The second-order valence-corrected chi connectivity index (χ2v) is 6.32. The van der Waals surface area contributed by atoms with E-state index in [0.29, 0.717) is 6.04 Å². The van der Waals surface area contributed by atoms with Crippen LogP contribution in [-0.2, 0) is 6.54 Å². The summed E-state index contributed by atoms with van der Waals surface area (Å²) in [5.74, 6) is 0.840. The number of aliphatic imine (C=N–C) groups is 1.